The highest BCUT2D eigenvalue weighted by molar-refractivity contribution is 5.75. The third kappa shape index (κ3) is 2.99. The third-order valence-electron chi connectivity index (χ3n) is 2.53. The lowest BCUT2D eigenvalue weighted by atomic mass is 9.98. The molecule has 1 unspecified atom stereocenters. The van der Waals surface area contributed by atoms with Crippen molar-refractivity contribution in [3.05, 3.63) is 33.6 Å². The Hall–Kier alpha value is -1.98. The van der Waals surface area contributed by atoms with E-state index in [1.165, 1.54) is 12.3 Å². The largest absolute Gasteiger partial charge is 0.481 e. The Bertz CT molecular complexity index is 445. The van der Waals surface area contributed by atoms with Crippen LogP contribution in [0.5, 0.6) is 0 Å². The number of aliphatic carboxylic acids is 1. The van der Waals surface area contributed by atoms with Crippen LogP contribution in [-0.4, -0.2) is 21.0 Å². The van der Waals surface area contributed by atoms with Crippen molar-refractivity contribution in [3.63, 3.8) is 0 Å². The van der Waals surface area contributed by atoms with Gasteiger partial charge in [0.25, 0.3) is 5.69 Å². The molecule has 1 atom stereocenters. The summed E-state index contributed by atoms with van der Waals surface area (Å²) in [6, 6.07) is 1.25. The molecule has 0 spiro atoms. The molecule has 0 amide bonds. The van der Waals surface area contributed by atoms with Crippen LogP contribution in [0.2, 0.25) is 0 Å². The average Bonchev–Trinajstić information content (AvgIpc) is 2.26. The van der Waals surface area contributed by atoms with Gasteiger partial charge in [0.2, 0.25) is 0 Å². The van der Waals surface area contributed by atoms with Crippen LogP contribution in [0.4, 0.5) is 5.69 Å². The highest BCUT2D eigenvalue weighted by Crippen LogP contribution is 2.25. The van der Waals surface area contributed by atoms with Gasteiger partial charge in [-0.3, -0.25) is 19.9 Å². The molecule has 0 aliphatic heterocycles. The van der Waals surface area contributed by atoms with Gasteiger partial charge < -0.3 is 5.11 Å². The zero-order valence-corrected chi connectivity index (χ0v) is 9.71. The molecule has 0 radical (unpaired) electrons. The van der Waals surface area contributed by atoms with Crippen molar-refractivity contribution in [2.75, 3.05) is 0 Å². The summed E-state index contributed by atoms with van der Waals surface area (Å²) in [6.45, 7) is 3.43. The smallest absolute Gasteiger partial charge is 0.312 e. The van der Waals surface area contributed by atoms with Crippen LogP contribution in [0.15, 0.2) is 12.3 Å². The number of rotatable bonds is 5. The van der Waals surface area contributed by atoms with E-state index in [2.05, 4.69) is 4.98 Å². The lowest BCUT2D eigenvalue weighted by Gasteiger charge is -2.10. The fourth-order valence-electron chi connectivity index (χ4n) is 1.60. The highest BCUT2D eigenvalue weighted by atomic mass is 16.6. The second-order valence-corrected chi connectivity index (χ2v) is 3.83. The maximum Gasteiger partial charge on any atom is 0.312 e. The summed E-state index contributed by atoms with van der Waals surface area (Å²) in [6.07, 6.45) is 2.45. The molecule has 1 N–H and O–H groups in total. The minimum absolute atomic E-state index is 0.0858. The fourth-order valence-corrected chi connectivity index (χ4v) is 1.60. The van der Waals surface area contributed by atoms with Crippen LogP contribution < -0.4 is 0 Å². The molecule has 6 heteroatoms. The van der Waals surface area contributed by atoms with Crippen LogP contribution >= 0.6 is 0 Å². The minimum atomic E-state index is -1.00. The number of carboxylic acids is 1. The number of aromatic nitrogens is 1. The number of hydrogen-bond donors (Lipinski definition) is 1. The van der Waals surface area contributed by atoms with Crippen molar-refractivity contribution in [1.82, 2.24) is 4.98 Å². The van der Waals surface area contributed by atoms with E-state index in [0.717, 1.165) is 0 Å². The van der Waals surface area contributed by atoms with Crippen LogP contribution in [0.25, 0.3) is 0 Å². The monoisotopic (exact) mass is 238 g/mol. The molecule has 1 aromatic rings. The molecule has 0 aliphatic carbocycles. The minimum Gasteiger partial charge on any atom is -0.481 e. The Morgan fingerprint density at radius 3 is 2.76 bits per heavy atom. The molecule has 0 fully saturated rings. The number of pyridine rings is 1. The molecule has 17 heavy (non-hydrogen) atoms. The van der Waals surface area contributed by atoms with Gasteiger partial charge in [0.15, 0.2) is 0 Å². The normalized spacial score (nSPS) is 12.1. The Balaban J connectivity index is 3.16. The first-order valence-electron chi connectivity index (χ1n) is 5.31. The molecule has 0 bridgehead atoms. The number of carboxylic acid groups (broad SMARTS) is 1. The first kappa shape index (κ1) is 13.1. The van der Waals surface area contributed by atoms with Crippen LogP contribution in [0, 0.1) is 17.0 Å². The van der Waals surface area contributed by atoms with Gasteiger partial charge in [0.05, 0.1) is 16.5 Å². The molecule has 0 aromatic carbocycles. The van der Waals surface area contributed by atoms with E-state index in [9.17, 15) is 14.9 Å². The Labute approximate surface area is 98.4 Å². The maximum absolute atomic E-state index is 11.0. The molecule has 0 saturated carbocycles. The van der Waals surface area contributed by atoms with Crippen molar-refractivity contribution >= 4 is 11.7 Å². The summed E-state index contributed by atoms with van der Waals surface area (Å²) in [7, 11) is 0. The number of nitrogens with zero attached hydrogens (tertiary/aromatic N) is 2. The molecule has 1 rings (SSSR count). The molecular formula is C11H14N2O4. The topological polar surface area (TPSA) is 93.3 Å². The number of hydrogen-bond acceptors (Lipinski definition) is 4. The second kappa shape index (κ2) is 5.38. The molecule has 0 aliphatic rings. The number of nitro groups is 1. The summed E-state index contributed by atoms with van der Waals surface area (Å²) in [5, 5.41) is 19.8. The van der Waals surface area contributed by atoms with Crippen LogP contribution in [0.1, 0.15) is 36.9 Å². The van der Waals surface area contributed by atoms with Crippen molar-refractivity contribution < 1.29 is 14.8 Å². The number of aryl methyl sites for hydroxylation is 1. The van der Waals surface area contributed by atoms with E-state index in [0.29, 0.717) is 18.4 Å². The van der Waals surface area contributed by atoms with Gasteiger partial charge in [-0.1, -0.05) is 13.3 Å². The first-order chi connectivity index (χ1) is 7.97. The van der Waals surface area contributed by atoms with Gasteiger partial charge in [0, 0.05) is 17.8 Å². The Morgan fingerprint density at radius 1 is 1.65 bits per heavy atom. The molecule has 0 saturated heterocycles. The highest BCUT2D eigenvalue weighted by Gasteiger charge is 2.23. The summed E-state index contributed by atoms with van der Waals surface area (Å²) in [5.41, 5.74) is 0.591. The SMILES string of the molecule is CCCC(C(=O)O)c1cc([N+](=O)[O-])c(C)cn1. The van der Waals surface area contributed by atoms with Gasteiger partial charge in [-0.05, 0) is 13.3 Å². The van der Waals surface area contributed by atoms with Gasteiger partial charge in [-0.15, -0.1) is 0 Å². The van der Waals surface area contributed by atoms with Crippen molar-refractivity contribution in [2.24, 2.45) is 0 Å². The molecular weight excluding hydrogens is 224 g/mol. The van der Waals surface area contributed by atoms with E-state index in [-0.39, 0.29) is 11.4 Å². The van der Waals surface area contributed by atoms with Gasteiger partial charge in [-0.25, -0.2) is 0 Å². The first-order valence-corrected chi connectivity index (χ1v) is 5.31. The summed E-state index contributed by atoms with van der Waals surface area (Å²) in [5.74, 6) is -1.78. The quantitative estimate of drug-likeness (QED) is 0.627. The standard InChI is InChI=1S/C11H14N2O4/c1-3-4-8(11(14)15)9-5-10(13(16)17)7(2)6-12-9/h5-6,8H,3-4H2,1-2H3,(H,14,15). The fraction of sp³-hybridized carbons (Fsp3) is 0.455. The van der Waals surface area contributed by atoms with Crippen LogP contribution in [-0.2, 0) is 4.79 Å². The van der Waals surface area contributed by atoms with Gasteiger partial charge in [-0.2, -0.15) is 0 Å². The van der Waals surface area contributed by atoms with E-state index in [1.807, 2.05) is 6.92 Å². The number of carbonyl (C=O) groups is 1. The van der Waals surface area contributed by atoms with E-state index in [1.54, 1.807) is 6.92 Å². The zero-order valence-electron chi connectivity index (χ0n) is 9.71. The van der Waals surface area contributed by atoms with Gasteiger partial charge >= 0.3 is 5.97 Å². The van der Waals surface area contributed by atoms with Crippen LogP contribution in [0.3, 0.4) is 0 Å². The summed E-state index contributed by atoms with van der Waals surface area (Å²) in [4.78, 5) is 25.3. The maximum atomic E-state index is 11.0. The van der Waals surface area contributed by atoms with Crippen molar-refractivity contribution in [2.45, 2.75) is 32.6 Å². The van der Waals surface area contributed by atoms with Crippen molar-refractivity contribution in [1.29, 1.82) is 0 Å². The summed E-state index contributed by atoms with van der Waals surface area (Å²) >= 11 is 0. The average molecular weight is 238 g/mol. The molecule has 6 nitrogen and oxygen atoms in total. The predicted molar refractivity (Wildman–Crippen MR) is 60.9 cm³/mol. The third-order valence-corrected chi connectivity index (χ3v) is 2.53. The van der Waals surface area contributed by atoms with Crippen molar-refractivity contribution in [3.8, 4) is 0 Å². The Kier molecular flexibility index (Phi) is 4.14. The summed E-state index contributed by atoms with van der Waals surface area (Å²) < 4.78 is 0. The lowest BCUT2D eigenvalue weighted by molar-refractivity contribution is -0.385. The Morgan fingerprint density at radius 2 is 2.29 bits per heavy atom. The van der Waals surface area contributed by atoms with E-state index >= 15 is 0 Å². The second-order valence-electron chi connectivity index (χ2n) is 3.83. The molecule has 1 aromatic heterocycles. The lowest BCUT2D eigenvalue weighted by Crippen LogP contribution is -2.13. The zero-order chi connectivity index (χ0) is 13.0. The van der Waals surface area contributed by atoms with E-state index < -0.39 is 16.8 Å². The molecule has 1 heterocycles. The van der Waals surface area contributed by atoms with E-state index in [4.69, 9.17) is 5.11 Å². The predicted octanol–water partition coefficient (Wildman–Crippen LogP) is 2.27. The van der Waals surface area contributed by atoms with Gasteiger partial charge in [0.1, 0.15) is 0 Å². The molecule has 92 valence electrons.